The van der Waals surface area contributed by atoms with Gasteiger partial charge in [0.05, 0.1) is 0 Å². The Bertz CT molecular complexity index is 194. The SMILES string of the molecule is CCC(=O)N1CCC(CC)CC1CN. The van der Waals surface area contributed by atoms with E-state index >= 15 is 0 Å². The highest BCUT2D eigenvalue weighted by atomic mass is 16.2. The van der Waals surface area contributed by atoms with E-state index in [1.165, 1.54) is 6.42 Å². The van der Waals surface area contributed by atoms with Crippen molar-refractivity contribution in [2.75, 3.05) is 13.1 Å². The molecule has 1 aliphatic heterocycles. The summed E-state index contributed by atoms with van der Waals surface area (Å²) in [5.41, 5.74) is 5.71. The molecule has 1 rings (SSSR count). The van der Waals surface area contributed by atoms with Crippen LogP contribution in [-0.2, 0) is 4.79 Å². The first kappa shape index (κ1) is 11.5. The van der Waals surface area contributed by atoms with E-state index in [1.807, 2.05) is 11.8 Å². The molecular formula is C11H22N2O. The van der Waals surface area contributed by atoms with Crippen LogP contribution < -0.4 is 5.73 Å². The number of nitrogens with zero attached hydrogens (tertiary/aromatic N) is 1. The molecule has 1 fully saturated rings. The Morgan fingerprint density at radius 1 is 1.50 bits per heavy atom. The van der Waals surface area contributed by atoms with Gasteiger partial charge in [-0.2, -0.15) is 0 Å². The van der Waals surface area contributed by atoms with E-state index < -0.39 is 0 Å². The lowest BCUT2D eigenvalue weighted by atomic mass is 9.89. The molecule has 3 heteroatoms. The average molecular weight is 198 g/mol. The van der Waals surface area contributed by atoms with E-state index in [4.69, 9.17) is 5.73 Å². The number of likely N-dealkylation sites (tertiary alicyclic amines) is 1. The lowest BCUT2D eigenvalue weighted by molar-refractivity contribution is -0.135. The summed E-state index contributed by atoms with van der Waals surface area (Å²) in [6, 6.07) is 0.293. The number of hydrogen-bond acceptors (Lipinski definition) is 2. The van der Waals surface area contributed by atoms with Crippen LogP contribution in [0.4, 0.5) is 0 Å². The van der Waals surface area contributed by atoms with Crippen LogP contribution >= 0.6 is 0 Å². The maximum Gasteiger partial charge on any atom is 0.222 e. The van der Waals surface area contributed by atoms with Crippen LogP contribution in [0.1, 0.15) is 39.5 Å². The molecule has 1 saturated heterocycles. The molecule has 82 valence electrons. The summed E-state index contributed by atoms with van der Waals surface area (Å²) in [4.78, 5) is 13.6. The van der Waals surface area contributed by atoms with Crippen molar-refractivity contribution in [2.24, 2.45) is 11.7 Å². The lowest BCUT2D eigenvalue weighted by Crippen LogP contribution is -2.49. The van der Waals surface area contributed by atoms with Crippen molar-refractivity contribution < 1.29 is 4.79 Å². The monoisotopic (exact) mass is 198 g/mol. The van der Waals surface area contributed by atoms with Crippen molar-refractivity contribution in [2.45, 2.75) is 45.6 Å². The maximum atomic E-state index is 11.6. The zero-order valence-corrected chi connectivity index (χ0v) is 9.33. The van der Waals surface area contributed by atoms with Crippen LogP contribution in [-0.4, -0.2) is 29.9 Å². The van der Waals surface area contributed by atoms with Gasteiger partial charge in [-0.15, -0.1) is 0 Å². The molecule has 2 unspecified atom stereocenters. The number of carbonyl (C=O) groups excluding carboxylic acids is 1. The summed E-state index contributed by atoms with van der Waals surface area (Å²) < 4.78 is 0. The van der Waals surface area contributed by atoms with E-state index in [2.05, 4.69) is 6.92 Å². The molecule has 0 aromatic rings. The summed E-state index contributed by atoms with van der Waals surface area (Å²) in [6.07, 6.45) is 4.06. The van der Waals surface area contributed by atoms with Gasteiger partial charge in [0.25, 0.3) is 0 Å². The molecule has 0 spiro atoms. The molecule has 3 nitrogen and oxygen atoms in total. The van der Waals surface area contributed by atoms with Crippen molar-refractivity contribution in [3.8, 4) is 0 Å². The van der Waals surface area contributed by atoms with Crippen molar-refractivity contribution in [3.63, 3.8) is 0 Å². The Morgan fingerprint density at radius 2 is 2.21 bits per heavy atom. The fourth-order valence-electron chi connectivity index (χ4n) is 2.26. The minimum atomic E-state index is 0.259. The highest BCUT2D eigenvalue weighted by Gasteiger charge is 2.28. The molecule has 14 heavy (non-hydrogen) atoms. The third-order valence-corrected chi connectivity index (χ3v) is 3.30. The predicted molar refractivity (Wildman–Crippen MR) is 57.9 cm³/mol. The van der Waals surface area contributed by atoms with Gasteiger partial charge in [-0.1, -0.05) is 20.3 Å². The summed E-state index contributed by atoms with van der Waals surface area (Å²) in [5.74, 6) is 1.03. The number of carbonyl (C=O) groups is 1. The van der Waals surface area contributed by atoms with Crippen molar-refractivity contribution in [1.29, 1.82) is 0 Å². The van der Waals surface area contributed by atoms with E-state index in [0.29, 0.717) is 19.0 Å². The van der Waals surface area contributed by atoms with Crippen LogP contribution in [0.2, 0.25) is 0 Å². The second-order valence-electron chi connectivity index (χ2n) is 4.13. The first-order valence-electron chi connectivity index (χ1n) is 5.72. The molecule has 0 aromatic heterocycles. The topological polar surface area (TPSA) is 46.3 Å². The van der Waals surface area contributed by atoms with Gasteiger partial charge in [0.1, 0.15) is 0 Å². The summed E-state index contributed by atoms with van der Waals surface area (Å²) in [6.45, 7) is 5.66. The number of hydrogen-bond donors (Lipinski definition) is 1. The van der Waals surface area contributed by atoms with Crippen LogP contribution in [0, 0.1) is 5.92 Å². The van der Waals surface area contributed by atoms with E-state index in [9.17, 15) is 4.79 Å². The second-order valence-corrected chi connectivity index (χ2v) is 4.13. The van der Waals surface area contributed by atoms with Crippen LogP contribution in [0.3, 0.4) is 0 Å². The molecule has 1 aliphatic rings. The van der Waals surface area contributed by atoms with Crippen molar-refractivity contribution in [1.82, 2.24) is 4.90 Å². The molecular weight excluding hydrogens is 176 g/mol. The van der Waals surface area contributed by atoms with Gasteiger partial charge >= 0.3 is 0 Å². The Morgan fingerprint density at radius 3 is 2.71 bits per heavy atom. The number of amides is 1. The molecule has 0 bridgehead atoms. The Labute approximate surface area is 86.6 Å². The molecule has 0 radical (unpaired) electrons. The molecule has 2 N–H and O–H groups in total. The number of rotatable bonds is 3. The largest absolute Gasteiger partial charge is 0.338 e. The van der Waals surface area contributed by atoms with E-state index in [-0.39, 0.29) is 5.91 Å². The minimum Gasteiger partial charge on any atom is -0.338 e. The smallest absolute Gasteiger partial charge is 0.222 e. The van der Waals surface area contributed by atoms with Gasteiger partial charge in [0.15, 0.2) is 0 Å². The van der Waals surface area contributed by atoms with Crippen LogP contribution in [0.5, 0.6) is 0 Å². The zero-order valence-electron chi connectivity index (χ0n) is 9.33. The van der Waals surface area contributed by atoms with Gasteiger partial charge in [0.2, 0.25) is 5.91 Å². The third-order valence-electron chi connectivity index (χ3n) is 3.30. The fraction of sp³-hybridized carbons (Fsp3) is 0.909. The molecule has 0 aliphatic carbocycles. The van der Waals surface area contributed by atoms with Crippen molar-refractivity contribution >= 4 is 5.91 Å². The van der Waals surface area contributed by atoms with E-state index in [1.54, 1.807) is 0 Å². The Hall–Kier alpha value is -0.570. The van der Waals surface area contributed by atoms with Crippen molar-refractivity contribution in [3.05, 3.63) is 0 Å². The summed E-state index contributed by atoms with van der Waals surface area (Å²) in [7, 11) is 0. The predicted octanol–water partition coefficient (Wildman–Crippen LogP) is 1.37. The standard InChI is InChI=1S/C11H22N2O/c1-3-9-5-6-13(11(14)4-2)10(7-9)8-12/h9-10H,3-8,12H2,1-2H3. The van der Waals surface area contributed by atoms with Gasteiger partial charge in [-0.3, -0.25) is 4.79 Å². The van der Waals surface area contributed by atoms with Crippen LogP contribution in [0.25, 0.3) is 0 Å². The van der Waals surface area contributed by atoms with Gasteiger partial charge in [0, 0.05) is 25.6 Å². The molecule has 0 saturated carbocycles. The molecule has 0 aromatic carbocycles. The average Bonchev–Trinajstić information content (AvgIpc) is 2.27. The van der Waals surface area contributed by atoms with Gasteiger partial charge in [-0.25, -0.2) is 0 Å². The zero-order chi connectivity index (χ0) is 10.6. The molecule has 1 amide bonds. The normalized spacial score (nSPS) is 27.8. The van der Waals surface area contributed by atoms with E-state index in [0.717, 1.165) is 25.3 Å². The Kier molecular flexibility index (Phi) is 4.39. The first-order chi connectivity index (χ1) is 6.72. The van der Waals surface area contributed by atoms with Gasteiger partial charge < -0.3 is 10.6 Å². The van der Waals surface area contributed by atoms with Gasteiger partial charge in [-0.05, 0) is 18.8 Å². The maximum absolute atomic E-state index is 11.6. The first-order valence-corrected chi connectivity index (χ1v) is 5.72. The quantitative estimate of drug-likeness (QED) is 0.744. The minimum absolute atomic E-state index is 0.259. The highest BCUT2D eigenvalue weighted by Crippen LogP contribution is 2.25. The Balaban J connectivity index is 2.56. The number of nitrogens with two attached hydrogens (primary N) is 1. The third kappa shape index (κ3) is 2.47. The highest BCUT2D eigenvalue weighted by molar-refractivity contribution is 5.76. The van der Waals surface area contributed by atoms with Crippen LogP contribution in [0.15, 0.2) is 0 Å². The summed E-state index contributed by atoms with van der Waals surface area (Å²) >= 11 is 0. The number of piperidine rings is 1. The summed E-state index contributed by atoms with van der Waals surface area (Å²) in [5, 5.41) is 0. The second kappa shape index (κ2) is 5.35. The fourth-order valence-corrected chi connectivity index (χ4v) is 2.26. The lowest BCUT2D eigenvalue weighted by Gasteiger charge is -2.38. The molecule has 2 atom stereocenters. The molecule has 1 heterocycles.